The molecule has 0 aliphatic heterocycles. The molecule has 1 atom stereocenters. The van der Waals surface area contributed by atoms with Gasteiger partial charge in [-0.05, 0) is 48.0 Å². The van der Waals surface area contributed by atoms with E-state index in [1.54, 1.807) is 49.6 Å². The molecule has 4 aromatic rings. The van der Waals surface area contributed by atoms with Crippen molar-refractivity contribution >= 4 is 29.2 Å². The van der Waals surface area contributed by atoms with Crippen LogP contribution in [-0.2, 0) is 17.4 Å². The molecule has 5 nitrogen and oxygen atoms in total. The number of carboxylic acid groups (broad SMARTS) is 1. The van der Waals surface area contributed by atoms with Gasteiger partial charge in [0.05, 0.1) is 40.0 Å². The largest absolute Gasteiger partial charge is 0.497 e. The van der Waals surface area contributed by atoms with Gasteiger partial charge in [0.2, 0.25) is 0 Å². The molecule has 1 heterocycles. The number of aromatic nitrogens is 2. The topological polar surface area (TPSA) is 75.2 Å². The Morgan fingerprint density at radius 3 is 2.33 bits per heavy atom. The zero-order valence-electron chi connectivity index (χ0n) is 18.7. The second-order valence-corrected chi connectivity index (χ2v) is 8.80. The number of hydrogen-bond acceptors (Lipinski definition) is 3. The molecule has 1 aromatic heterocycles. The first-order valence-corrected chi connectivity index (χ1v) is 11.4. The molecule has 0 bridgehead atoms. The Balaban J connectivity index is 1.78. The summed E-state index contributed by atoms with van der Waals surface area (Å²) in [6.45, 7) is 0. The van der Waals surface area contributed by atoms with Gasteiger partial charge in [-0.1, -0.05) is 47.5 Å². The molecule has 0 aliphatic carbocycles. The maximum absolute atomic E-state index is 13.2. The summed E-state index contributed by atoms with van der Waals surface area (Å²) in [5, 5.41) is 10.5. The lowest BCUT2D eigenvalue weighted by atomic mass is 9.94. The fourth-order valence-electron chi connectivity index (χ4n) is 3.81. The number of halogens is 5. The number of H-pyrrole nitrogens is 1. The normalized spacial score (nSPS) is 12.4. The van der Waals surface area contributed by atoms with E-state index in [0.29, 0.717) is 32.7 Å². The van der Waals surface area contributed by atoms with E-state index in [9.17, 15) is 23.1 Å². The number of alkyl halides is 3. The predicted octanol–water partition coefficient (Wildman–Crippen LogP) is 7.49. The Morgan fingerprint density at radius 1 is 1.03 bits per heavy atom. The third kappa shape index (κ3) is 5.50. The molecule has 0 radical (unpaired) electrons. The highest BCUT2D eigenvalue weighted by Gasteiger charge is 2.32. The maximum Gasteiger partial charge on any atom is 0.416 e. The number of carboxylic acids is 1. The van der Waals surface area contributed by atoms with Crippen molar-refractivity contribution in [2.75, 3.05) is 7.11 Å². The number of rotatable bonds is 7. The number of ether oxygens (including phenoxy) is 1. The van der Waals surface area contributed by atoms with Crippen molar-refractivity contribution in [3.8, 4) is 28.3 Å². The molecule has 186 valence electrons. The van der Waals surface area contributed by atoms with Gasteiger partial charge in [0, 0.05) is 17.5 Å². The van der Waals surface area contributed by atoms with Gasteiger partial charge in [0.25, 0.3) is 0 Å². The molecule has 0 saturated carbocycles. The number of nitrogens with one attached hydrogen (secondary N) is 1. The van der Waals surface area contributed by atoms with Crippen LogP contribution < -0.4 is 4.74 Å². The fraction of sp³-hybridized carbons (Fsp3) is 0.154. The van der Waals surface area contributed by atoms with E-state index in [0.717, 1.165) is 17.7 Å². The zero-order valence-corrected chi connectivity index (χ0v) is 20.2. The minimum absolute atomic E-state index is 0.0239. The molecule has 1 unspecified atom stereocenters. The van der Waals surface area contributed by atoms with Crippen LogP contribution >= 0.6 is 23.2 Å². The van der Waals surface area contributed by atoms with Crippen molar-refractivity contribution in [2.24, 2.45) is 0 Å². The van der Waals surface area contributed by atoms with Gasteiger partial charge < -0.3 is 14.8 Å². The monoisotopic (exact) mass is 534 g/mol. The summed E-state index contributed by atoms with van der Waals surface area (Å²) in [6.07, 6.45) is -4.76. The van der Waals surface area contributed by atoms with E-state index in [2.05, 4.69) is 9.97 Å². The molecular weight excluding hydrogens is 516 g/mol. The summed E-state index contributed by atoms with van der Waals surface area (Å²) < 4.78 is 44.8. The number of imidazole rings is 1. The number of nitrogens with zero attached hydrogens (tertiary/aromatic N) is 1. The average Bonchev–Trinajstić information content (AvgIpc) is 3.27. The van der Waals surface area contributed by atoms with Gasteiger partial charge in [-0.2, -0.15) is 13.2 Å². The minimum atomic E-state index is -4.59. The van der Waals surface area contributed by atoms with E-state index in [1.807, 2.05) is 0 Å². The number of aliphatic carboxylic acids is 1. The average molecular weight is 535 g/mol. The molecular formula is C26H19Cl2F3N2O3. The van der Waals surface area contributed by atoms with Crippen LogP contribution in [0.2, 0.25) is 10.0 Å². The quantitative estimate of drug-likeness (QED) is 0.257. The molecule has 0 fully saturated rings. The van der Waals surface area contributed by atoms with Gasteiger partial charge in [-0.25, -0.2) is 4.98 Å². The summed E-state index contributed by atoms with van der Waals surface area (Å²) in [4.78, 5) is 19.9. The minimum Gasteiger partial charge on any atom is -0.497 e. The molecule has 0 amide bonds. The van der Waals surface area contributed by atoms with Gasteiger partial charge in [0.15, 0.2) is 0 Å². The van der Waals surface area contributed by atoms with Crippen LogP contribution in [0.3, 0.4) is 0 Å². The summed E-state index contributed by atoms with van der Waals surface area (Å²) in [6, 6.07) is 16.4. The Hall–Kier alpha value is -3.49. The predicted molar refractivity (Wildman–Crippen MR) is 132 cm³/mol. The third-order valence-corrected chi connectivity index (χ3v) is 6.38. The highest BCUT2D eigenvalue weighted by molar-refractivity contribution is 6.42. The van der Waals surface area contributed by atoms with E-state index in [-0.39, 0.29) is 17.8 Å². The van der Waals surface area contributed by atoms with Gasteiger partial charge in [0.1, 0.15) is 11.6 Å². The molecule has 0 saturated heterocycles. The zero-order chi connectivity index (χ0) is 26.0. The summed E-state index contributed by atoms with van der Waals surface area (Å²) in [5.41, 5.74) is 1.54. The molecule has 2 N–H and O–H groups in total. The second-order valence-electron chi connectivity index (χ2n) is 7.98. The lowest BCUT2D eigenvalue weighted by molar-refractivity contribution is -0.140. The number of carbonyl (C=O) groups is 1. The van der Waals surface area contributed by atoms with Crippen LogP contribution in [0.25, 0.3) is 22.5 Å². The summed E-state index contributed by atoms with van der Waals surface area (Å²) in [7, 11) is 1.55. The summed E-state index contributed by atoms with van der Waals surface area (Å²) in [5.74, 6) is -1.60. The fourth-order valence-corrected chi connectivity index (χ4v) is 4.11. The van der Waals surface area contributed by atoms with Crippen LogP contribution in [0.15, 0.2) is 66.7 Å². The molecule has 3 aromatic carbocycles. The van der Waals surface area contributed by atoms with Crippen LogP contribution in [0, 0.1) is 0 Å². The van der Waals surface area contributed by atoms with Crippen molar-refractivity contribution < 1.29 is 27.8 Å². The smallest absolute Gasteiger partial charge is 0.416 e. The van der Waals surface area contributed by atoms with Crippen molar-refractivity contribution in [1.82, 2.24) is 9.97 Å². The standard InChI is InChI=1S/C26H19Cl2F3N2O3/c1-36-18-8-5-14(6-9-18)23-24(16-7-10-20(27)21(28)12-16)33-22(32-23)13-19(25(34)35)15-3-2-4-17(11-15)26(29,30)31/h2-12,19H,13H2,1H3,(H,32,33)(H,34,35). The van der Waals surface area contributed by atoms with Crippen molar-refractivity contribution in [3.05, 3.63) is 93.7 Å². The molecule has 10 heteroatoms. The lowest BCUT2D eigenvalue weighted by Gasteiger charge is -2.14. The van der Waals surface area contributed by atoms with Crippen molar-refractivity contribution in [3.63, 3.8) is 0 Å². The SMILES string of the molecule is COc1ccc(-c2[nH]c(CC(C(=O)O)c3cccc(C(F)(F)F)c3)nc2-c2ccc(Cl)c(Cl)c2)cc1. The van der Waals surface area contributed by atoms with Crippen molar-refractivity contribution in [2.45, 2.75) is 18.5 Å². The highest BCUT2D eigenvalue weighted by Crippen LogP contribution is 2.36. The first-order chi connectivity index (χ1) is 17.1. The number of benzene rings is 3. The second kappa shape index (κ2) is 10.2. The molecule has 4 rings (SSSR count). The Labute approximate surface area is 214 Å². The van der Waals surface area contributed by atoms with E-state index in [4.69, 9.17) is 27.9 Å². The maximum atomic E-state index is 13.2. The number of aromatic amines is 1. The first kappa shape index (κ1) is 25.6. The molecule has 36 heavy (non-hydrogen) atoms. The highest BCUT2D eigenvalue weighted by atomic mass is 35.5. The number of hydrogen-bond donors (Lipinski definition) is 2. The van der Waals surface area contributed by atoms with Crippen LogP contribution in [-0.4, -0.2) is 28.2 Å². The van der Waals surface area contributed by atoms with Gasteiger partial charge in [-0.3, -0.25) is 4.79 Å². The molecule has 0 spiro atoms. The van der Waals surface area contributed by atoms with Gasteiger partial charge >= 0.3 is 12.1 Å². The van der Waals surface area contributed by atoms with E-state index < -0.39 is 23.6 Å². The first-order valence-electron chi connectivity index (χ1n) is 10.7. The number of methoxy groups -OCH3 is 1. The van der Waals surface area contributed by atoms with Crippen LogP contribution in [0.1, 0.15) is 22.9 Å². The lowest BCUT2D eigenvalue weighted by Crippen LogP contribution is -2.16. The van der Waals surface area contributed by atoms with Crippen LogP contribution in [0.5, 0.6) is 5.75 Å². The summed E-state index contributed by atoms with van der Waals surface area (Å²) >= 11 is 12.3. The Bertz CT molecular complexity index is 1400. The van der Waals surface area contributed by atoms with Crippen LogP contribution in [0.4, 0.5) is 13.2 Å². The molecule has 0 aliphatic rings. The van der Waals surface area contributed by atoms with Gasteiger partial charge in [-0.15, -0.1) is 0 Å². The Morgan fingerprint density at radius 2 is 1.72 bits per heavy atom. The van der Waals surface area contributed by atoms with Crippen molar-refractivity contribution in [1.29, 1.82) is 0 Å². The Kier molecular flexibility index (Phi) is 7.28. The van der Waals surface area contributed by atoms with E-state index >= 15 is 0 Å². The third-order valence-electron chi connectivity index (χ3n) is 5.64. The van der Waals surface area contributed by atoms with E-state index in [1.165, 1.54) is 12.1 Å².